The maximum Gasteiger partial charge on any atom is 0.338 e. The molecule has 2 rings (SSSR count). The zero-order valence-corrected chi connectivity index (χ0v) is 16.4. The van der Waals surface area contributed by atoms with Crippen LogP contribution in [0.1, 0.15) is 49.5 Å². The summed E-state index contributed by atoms with van der Waals surface area (Å²) in [6.07, 6.45) is 0.945. The van der Waals surface area contributed by atoms with Gasteiger partial charge in [-0.05, 0) is 44.4 Å². The highest BCUT2D eigenvalue weighted by atomic mass is 32.2. The molecule has 0 radical (unpaired) electrons. The molecular formula is C18H26N2O5S. The molecule has 1 aliphatic rings. The average Bonchev–Trinajstić information content (AvgIpc) is 3.39. The number of rotatable bonds is 8. The van der Waals surface area contributed by atoms with Crippen molar-refractivity contribution in [1.29, 1.82) is 0 Å². The molecule has 1 amide bonds. The Bertz CT molecular complexity index is 783. The van der Waals surface area contributed by atoms with Crippen LogP contribution >= 0.6 is 0 Å². The molecule has 1 fully saturated rings. The van der Waals surface area contributed by atoms with Crippen molar-refractivity contribution < 1.29 is 22.7 Å². The lowest BCUT2D eigenvalue weighted by Gasteiger charge is -2.20. The fraction of sp³-hybridized carbons (Fsp3) is 0.556. The minimum atomic E-state index is -3.69. The van der Waals surface area contributed by atoms with E-state index in [1.807, 2.05) is 0 Å². The van der Waals surface area contributed by atoms with Gasteiger partial charge in [-0.3, -0.25) is 4.79 Å². The molecule has 0 spiro atoms. The van der Waals surface area contributed by atoms with E-state index in [1.165, 1.54) is 23.4 Å². The van der Waals surface area contributed by atoms with Crippen molar-refractivity contribution in [3.63, 3.8) is 0 Å². The van der Waals surface area contributed by atoms with Crippen LogP contribution in [0.25, 0.3) is 0 Å². The van der Waals surface area contributed by atoms with Crippen molar-refractivity contribution in [3.8, 4) is 0 Å². The monoisotopic (exact) mass is 382 g/mol. The summed E-state index contributed by atoms with van der Waals surface area (Å²) in [6.45, 7) is 7.37. The zero-order valence-electron chi connectivity index (χ0n) is 15.6. The molecule has 0 aliphatic heterocycles. The second kappa shape index (κ2) is 8.18. The quantitative estimate of drug-likeness (QED) is 0.693. The summed E-state index contributed by atoms with van der Waals surface area (Å²) in [5.74, 6) is -1.07. The number of esters is 1. The Morgan fingerprint density at radius 2 is 1.88 bits per heavy atom. The van der Waals surface area contributed by atoms with Gasteiger partial charge >= 0.3 is 5.97 Å². The van der Waals surface area contributed by atoms with Crippen LogP contribution in [0.5, 0.6) is 0 Å². The van der Waals surface area contributed by atoms with Gasteiger partial charge in [0.05, 0.1) is 10.5 Å². The van der Waals surface area contributed by atoms with Crippen molar-refractivity contribution in [2.45, 2.75) is 57.6 Å². The van der Waals surface area contributed by atoms with Crippen LogP contribution in [-0.4, -0.2) is 49.8 Å². The Balaban J connectivity index is 2.19. The second-order valence-electron chi connectivity index (χ2n) is 6.40. The molecule has 0 saturated heterocycles. The van der Waals surface area contributed by atoms with Gasteiger partial charge in [-0.1, -0.05) is 19.9 Å². The van der Waals surface area contributed by atoms with E-state index in [1.54, 1.807) is 26.8 Å². The first-order valence-electron chi connectivity index (χ1n) is 8.82. The maximum absolute atomic E-state index is 12.8. The summed E-state index contributed by atoms with van der Waals surface area (Å²) in [6, 6.07) is 4.57. The molecule has 0 bridgehead atoms. The van der Waals surface area contributed by atoms with Crippen molar-refractivity contribution in [2.75, 3.05) is 13.1 Å². The van der Waals surface area contributed by atoms with Gasteiger partial charge in [0, 0.05) is 19.1 Å². The van der Waals surface area contributed by atoms with Crippen molar-refractivity contribution in [1.82, 2.24) is 9.62 Å². The Morgan fingerprint density at radius 3 is 2.42 bits per heavy atom. The summed E-state index contributed by atoms with van der Waals surface area (Å²) in [5, 5.41) is 2.77. The number of sulfonamides is 1. The number of hydrogen-bond acceptors (Lipinski definition) is 5. The summed E-state index contributed by atoms with van der Waals surface area (Å²) < 4.78 is 32.0. The van der Waals surface area contributed by atoms with Crippen LogP contribution in [0.2, 0.25) is 0 Å². The lowest BCUT2D eigenvalue weighted by molar-refractivity contribution is -0.129. The summed E-state index contributed by atoms with van der Waals surface area (Å²) >= 11 is 0. The number of aryl methyl sites for hydroxylation is 1. The standard InChI is InChI=1S/C18H26N2O5S/c1-5-20(6-2)26(23,24)16-11-14(8-7-12(16)3)18(22)25-13(4)17(21)19-15-9-10-15/h7-8,11,13,15H,5-6,9-10H2,1-4H3,(H,19,21)/t13-/m0/s1. The number of nitrogens with one attached hydrogen (secondary N) is 1. The molecule has 0 unspecified atom stereocenters. The zero-order chi connectivity index (χ0) is 19.5. The predicted molar refractivity (Wildman–Crippen MR) is 97.3 cm³/mol. The highest BCUT2D eigenvalue weighted by Gasteiger charge is 2.28. The van der Waals surface area contributed by atoms with E-state index in [0.717, 1.165) is 12.8 Å². The van der Waals surface area contributed by atoms with E-state index in [9.17, 15) is 18.0 Å². The van der Waals surface area contributed by atoms with Crippen molar-refractivity contribution in [2.24, 2.45) is 0 Å². The van der Waals surface area contributed by atoms with E-state index in [-0.39, 0.29) is 22.4 Å². The third-order valence-electron chi connectivity index (χ3n) is 4.32. The van der Waals surface area contributed by atoms with Crippen LogP contribution in [0.4, 0.5) is 0 Å². The first kappa shape index (κ1) is 20.4. The molecule has 1 aromatic carbocycles. The fourth-order valence-corrected chi connectivity index (χ4v) is 4.24. The SMILES string of the molecule is CCN(CC)S(=O)(=O)c1cc(C(=O)O[C@@H](C)C(=O)NC2CC2)ccc1C. The Labute approximate surface area is 154 Å². The number of ether oxygens (including phenoxy) is 1. The third-order valence-corrected chi connectivity index (χ3v) is 6.52. The molecule has 7 nitrogen and oxygen atoms in total. The normalized spacial score (nSPS) is 15.6. The van der Waals surface area contributed by atoms with Gasteiger partial charge in [0.15, 0.2) is 6.10 Å². The Kier molecular flexibility index (Phi) is 6.41. The van der Waals surface area contributed by atoms with E-state index in [4.69, 9.17) is 4.74 Å². The largest absolute Gasteiger partial charge is 0.449 e. The third kappa shape index (κ3) is 4.62. The van der Waals surface area contributed by atoms with E-state index < -0.39 is 22.1 Å². The highest BCUT2D eigenvalue weighted by molar-refractivity contribution is 7.89. The minimum Gasteiger partial charge on any atom is -0.449 e. The molecule has 144 valence electrons. The molecule has 1 aromatic rings. The first-order chi connectivity index (χ1) is 12.2. The number of carbonyl (C=O) groups is 2. The van der Waals surface area contributed by atoms with Gasteiger partial charge in [-0.2, -0.15) is 4.31 Å². The number of benzene rings is 1. The average molecular weight is 382 g/mol. The van der Waals surface area contributed by atoms with Gasteiger partial charge in [-0.25, -0.2) is 13.2 Å². The van der Waals surface area contributed by atoms with E-state index in [0.29, 0.717) is 18.7 Å². The lowest BCUT2D eigenvalue weighted by atomic mass is 10.1. The number of carbonyl (C=O) groups excluding carboxylic acids is 2. The summed E-state index contributed by atoms with van der Waals surface area (Å²) in [5.41, 5.74) is 0.653. The van der Waals surface area contributed by atoms with Gasteiger partial charge in [-0.15, -0.1) is 0 Å². The number of amides is 1. The van der Waals surface area contributed by atoms with Gasteiger partial charge in [0.25, 0.3) is 5.91 Å². The predicted octanol–water partition coefficient (Wildman–Crippen LogP) is 1.85. The Hall–Kier alpha value is -1.93. The van der Waals surface area contributed by atoms with Crippen LogP contribution in [0.15, 0.2) is 23.1 Å². The highest BCUT2D eigenvalue weighted by Crippen LogP contribution is 2.22. The second-order valence-corrected chi connectivity index (χ2v) is 8.31. The summed E-state index contributed by atoms with van der Waals surface area (Å²) in [4.78, 5) is 24.3. The molecule has 26 heavy (non-hydrogen) atoms. The van der Waals surface area contributed by atoms with Crippen LogP contribution < -0.4 is 5.32 Å². The van der Waals surface area contributed by atoms with Gasteiger partial charge < -0.3 is 10.1 Å². The maximum atomic E-state index is 12.8. The van der Waals surface area contributed by atoms with Crippen molar-refractivity contribution >= 4 is 21.9 Å². The van der Waals surface area contributed by atoms with E-state index in [2.05, 4.69) is 5.32 Å². The Morgan fingerprint density at radius 1 is 1.27 bits per heavy atom. The molecule has 1 atom stereocenters. The lowest BCUT2D eigenvalue weighted by Crippen LogP contribution is -2.37. The topological polar surface area (TPSA) is 92.8 Å². The van der Waals surface area contributed by atoms with Gasteiger partial charge in [0.2, 0.25) is 10.0 Å². The molecule has 8 heteroatoms. The minimum absolute atomic E-state index is 0.0748. The fourth-order valence-electron chi connectivity index (χ4n) is 2.54. The van der Waals surface area contributed by atoms with Gasteiger partial charge in [0.1, 0.15) is 0 Å². The number of hydrogen-bond donors (Lipinski definition) is 1. The first-order valence-corrected chi connectivity index (χ1v) is 10.3. The van der Waals surface area contributed by atoms with E-state index >= 15 is 0 Å². The van der Waals surface area contributed by atoms with Crippen LogP contribution in [-0.2, 0) is 19.6 Å². The molecular weight excluding hydrogens is 356 g/mol. The molecule has 1 saturated carbocycles. The van der Waals surface area contributed by atoms with Crippen LogP contribution in [0.3, 0.4) is 0 Å². The molecule has 1 aliphatic carbocycles. The molecule has 0 aromatic heterocycles. The van der Waals surface area contributed by atoms with Crippen molar-refractivity contribution in [3.05, 3.63) is 29.3 Å². The molecule has 0 heterocycles. The smallest absolute Gasteiger partial charge is 0.338 e. The summed E-state index contributed by atoms with van der Waals surface area (Å²) in [7, 11) is -3.69. The number of nitrogens with zero attached hydrogens (tertiary/aromatic N) is 1. The molecule has 1 N–H and O–H groups in total. The van der Waals surface area contributed by atoms with Crippen LogP contribution in [0, 0.1) is 6.92 Å².